The van der Waals surface area contributed by atoms with Crippen molar-refractivity contribution >= 4 is 0 Å². The van der Waals surface area contributed by atoms with Gasteiger partial charge in [0.15, 0.2) is 17.6 Å². The highest BCUT2D eigenvalue weighted by atomic mass is 16.6. The molecule has 4 heteroatoms. The Morgan fingerprint density at radius 2 is 1.26 bits per heavy atom. The van der Waals surface area contributed by atoms with E-state index in [0.717, 1.165) is 17.2 Å². The van der Waals surface area contributed by atoms with E-state index in [-0.39, 0.29) is 12.7 Å². The van der Waals surface area contributed by atoms with E-state index < -0.39 is 0 Å². The van der Waals surface area contributed by atoms with Crippen LogP contribution in [0.25, 0.3) is 0 Å². The molecule has 4 nitrogen and oxygen atoms in total. The minimum absolute atomic E-state index is 0.279. The van der Waals surface area contributed by atoms with Gasteiger partial charge >= 0.3 is 0 Å². The normalized spacial score (nSPS) is 15.9. The van der Waals surface area contributed by atoms with E-state index in [1.807, 2.05) is 91.0 Å². The van der Waals surface area contributed by atoms with E-state index in [0.29, 0.717) is 18.1 Å². The van der Waals surface area contributed by atoms with Gasteiger partial charge in [-0.25, -0.2) is 0 Å². The monoisotopic (exact) mass is 360 g/mol. The molecule has 0 saturated heterocycles. The minimum atomic E-state index is -0.332. The van der Waals surface area contributed by atoms with E-state index in [1.165, 1.54) is 0 Å². The number of hydrogen-bond donors (Lipinski definition) is 0. The fraction of sp³-hybridized carbons (Fsp3) is 0.130. The van der Waals surface area contributed by atoms with Gasteiger partial charge in [-0.1, -0.05) is 54.6 Å². The van der Waals surface area contributed by atoms with Crippen LogP contribution in [0.15, 0.2) is 103 Å². The molecule has 0 aliphatic carbocycles. The van der Waals surface area contributed by atoms with E-state index in [2.05, 4.69) is 0 Å². The molecule has 0 saturated carbocycles. The average molecular weight is 360 g/mol. The van der Waals surface area contributed by atoms with Crippen LogP contribution in [0.2, 0.25) is 0 Å². The Bertz CT molecular complexity index is 876. The summed E-state index contributed by atoms with van der Waals surface area (Å²) in [7, 11) is 0. The van der Waals surface area contributed by atoms with Crippen molar-refractivity contribution in [1.29, 1.82) is 0 Å². The first-order valence-electron chi connectivity index (χ1n) is 8.87. The zero-order chi connectivity index (χ0) is 18.3. The topological polar surface area (TPSA) is 36.9 Å². The zero-order valence-electron chi connectivity index (χ0n) is 14.8. The molecule has 1 aliphatic rings. The summed E-state index contributed by atoms with van der Waals surface area (Å²) >= 11 is 0. The second-order valence-corrected chi connectivity index (χ2v) is 6.03. The molecule has 27 heavy (non-hydrogen) atoms. The fourth-order valence-corrected chi connectivity index (χ4v) is 2.77. The molecule has 3 aromatic carbocycles. The van der Waals surface area contributed by atoms with E-state index >= 15 is 0 Å². The lowest BCUT2D eigenvalue weighted by Crippen LogP contribution is -2.23. The van der Waals surface area contributed by atoms with Crippen LogP contribution in [0.5, 0.6) is 17.2 Å². The van der Waals surface area contributed by atoms with Crippen LogP contribution in [0, 0.1) is 0 Å². The van der Waals surface area contributed by atoms with Gasteiger partial charge in [-0.2, -0.15) is 0 Å². The second-order valence-electron chi connectivity index (χ2n) is 6.03. The third kappa shape index (κ3) is 4.42. The molecule has 0 unspecified atom stereocenters. The molecule has 0 spiro atoms. The van der Waals surface area contributed by atoms with Gasteiger partial charge in [0, 0.05) is 0 Å². The summed E-state index contributed by atoms with van der Waals surface area (Å²) in [6.07, 6.45) is -0.332. The number of ether oxygens (including phenoxy) is 4. The highest BCUT2D eigenvalue weighted by Gasteiger charge is 2.32. The maximum atomic E-state index is 6.11. The van der Waals surface area contributed by atoms with Crippen molar-refractivity contribution in [3.8, 4) is 17.2 Å². The third-order valence-electron chi connectivity index (χ3n) is 4.08. The quantitative estimate of drug-likeness (QED) is 0.604. The van der Waals surface area contributed by atoms with Crippen molar-refractivity contribution in [1.82, 2.24) is 0 Å². The van der Waals surface area contributed by atoms with Gasteiger partial charge < -0.3 is 18.9 Å². The lowest BCUT2D eigenvalue weighted by atomic mass is 10.2. The van der Waals surface area contributed by atoms with Gasteiger partial charge in [-0.3, -0.25) is 0 Å². The lowest BCUT2D eigenvalue weighted by Gasteiger charge is -2.16. The van der Waals surface area contributed by atoms with E-state index in [9.17, 15) is 0 Å². The zero-order valence-corrected chi connectivity index (χ0v) is 14.8. The van der Waals surface area contributed by atoms with Crippen LogP contribution in [0.1, 0.15) is 0 Å². The van der Waals surface area contributed by atoms with Crippen molar-refractivity contribution in [2.75, 3.05) is 13.2 Å². The molecule has 136 valence electrons. The highest BCUT2D eigenvalue weighted by molar-refractivity contribution is 5.29. The molecule has 3 aromatic rings. The van der Waals surface area contributed by atoms with Crippen LogP contribution in [0.4, 0.5) is 0 Å². The number of benzene rings is 3. The molecule has 0 amide bonds. The summed E-state index contributed by atoms with van der Waals surface area (Å²) < 4.78 is 23.9. The number of hydrogen-bond acceptors (Lipinski definition) is 4. The second kappa shape index (κ2) is 8.32. The Labute approximate surface area is 158 Å². The summed E-state index contributed by atoms with van der Waals surface area (Å²) in [6, 6.07) is 28.9. The summed E-state index contributed by atoms with van der Waals surface area (Å²) in [6.45, 7) is 0.658. The fourth-order valence-electron chi connectivity index (χ4n) is 2.77. The molecule has 0 aromatic heterocycles. The molecule has 1 aliphatic heterocycles. The molecular weight excluding hydrogens is 340 g/mol. The van der Waals surface area contributed by atoms with Crippen molar-refractivity contribution < 1.29 is 18.9 Å². The van der Waals surface area contributed by atoms with E-state index in [1.54, 1.807) is 0 Å². The Kier molecular flexibility index (Phi) is 5.25. The molecule has 0 radical (unpaired) electrons. The molecule has 0 bridgehead atoms. The lowest BCUT2D eigenvalue weighted by molar-refractivity contribution is 0.127. The molecule has 0 N–H and O–H groups in total. The first-order chi connectivity index (χ1) is 13.4. The molecular formula is C23H20O4. The predicted molar refractivity (Wildman–Crippen MR) is 103 cm³/mol. The first kappa shape index (κ1) is 17.0. The average Bonchev–Trinajstić information content (AvgIpc) is 3.10. The summed E-state index contributed by atoms with van der Waals surface area (Å²) in [5.74, 6) is 3.56. The van der Waals surface area contributed by atoms with Crippen LogP contribution in [-0.4, -0.2) is 19.3 Å². The smallest absolute Gasteiger partial charge is 0.193 e. The largest absolute Gasteiger partial charge is 0.486 e. The Balaban J connectivity index is 1.54. The number of rotatable bonds is 7. The van der Waals surface area contributed by atoms with Gasteiger partial charge in [0.05, 0.1) is 0 Å². The van der Waals surface area contributed by atoms with Gasteiger partial charge in [0.1, 0.15) is 30.5 Å². The predicted octanol–water partition coefficient (Wildman–Crippen LogP) is 4.83. The minimum Gasteiger partial charge on any atom is -0.486 e. The standard InChI is InChI=1S/C23H20O4/c1-4-10-18(11-5-1)24-16-21-23(27-20-14-8-3-9-15-20)22(17-25-21)26-19-12-6-2-7-13-19/h1-15,22H,16-17H2/t22-/m1/s1. The molecule has 1 atom stereocenters. The summed E-state index contributed by atoms with van der Waals surface area (Å²) in [5.41, 5.74) is 0. The summed E-state index contributed by atoms with van der Waals surface area (Å²) in [5, 5.41) is 0. The van der Waals surface area contributed by atoms with Gasteiger partial charge in [0.2, 0.25) is 0 Å². The van der Waals surface area contributed by atoms with Crippen molar-refractivity contribution in [3.63, 3.8) is 0 Å². The van der Waals surface area contributed by atoms with Crippen molar-refractivity contribution in [2.24, 2.45) is 0 Å². The third-order valence-corrected chi connectivity index (χ3v) is 4.08. The Hall–Kier alpha value is -3.40. The SMILES string of the molecule is c1ccc(OCC2=C(Oc3ccccc3)[C@H](Oc3ccccc3)CO2)cc1. The molecule has 1 heterocycles. The Morgan fingerprint density at radius 3 is 1.89 bits per heavy atom. The summed E-state index contributed by atoms with van der Waals surface area (Å²) in [4.78, 5) is 0. The van der Waals surface area contributed by atoms with Gasteiger partial charge in [0.25, 0.3) is 0 Å². The Morgan fingerprint density at radius 1 is 0.704 bits per heavy atom. The van der Waals surface area contributed by atoms with Crippen LogP contribution < -0.4 is 14.2 Å². The molecule has 0 fully saturated rings. The van der Waals surface area contributed by atoms with Crippen LogP contribution in [-0.2, 0) is 4.74 Å². The van der Waals surface area contributed by atoms with E-state index in [4.69, 9.17) is 18.9 Å². The van der Waals surface area contributed by atoms with Crippen LogP contribution in [0.3, 0.4) is 0 Å². The van der Waals surface area contributed by atoms with Crippen molar-refractivity contribution in [3.05, 3.63) is 103 Å². The number of para-hydroxylation sites is 3. The van der Waals surface area contributed by atoms with Gasteiger partial charge in [-0.05, 0) is 36.4 Å². The first-order valence-corrected chi connectivity index (χ1v) is 8.87. The maximum absolute atomic E-state index is 6.11. The molecule has 4 rings (SSSR count). The maximum Gasteiger partial charge on any atom is 0.193 e. The van der Waals surface area contributed by atoms with Crippen LogP contribution >= 0.6 is 0 Å². The van der Waals surface area contributed by atoms with Gasteiger partial charge in [-0.15, -0.1) is 0 Å². The van der Waals surface area contributed by atoms with Crippen molar-refractivity contribution in [2.45, 2.75) is 6.10 Å². The highest BCUT2D eigenvalue weighted by Crippen LogP contribution is 2.28.